The summed E-state index contributed by atoms with van der Waals surface area (Å²) in [4.78, 5) is 22.4. The Bertz CT molecular complexity index is 1220. The van der Waals surface area contributed by atoms with Crippen molar-refractivity contribution < 1.29 is 18.8 Å². The van der Waals surface area contributed by atoms with Gasteiger partial charge in [0.2, 0.25) is 5.82 Å². The van der Waals surface area contributed by atoms with Gasteiger partial charge < -0.3 is 18.9 Å². The minimum Gasteiger partial charge on any atom is -0.487 e. The van der Waals surface area contributed by atoms with Gasteiger partial charge in [-0.2, -0.15) is 4.98 Å². The molecule has 8 nitrogen and oxygen atoms in total. The Morgan fingerprint density at radius 2 is 1.67 bits per heavy atom. The smallest absolute Gasteiger partial charge is 0.260 e. The molecular formula is C25H22N4O4. The van der Waals surface area contributed by atoms with E-state index in [0.717, 1.165) is 22.4 Å². The first kappa shape index (κ1) is 20.7. The maximum absolute atomic E-state index is 12.3. The van der Waals surface area contributed by atoms with Gasteiger partial charge in [0.25, 0.3) is 11.8 Å². The maximum Gasteiger partial charge on any atom is 0.260 e. The molecule has 0 unspecified atom stereocenters. The number of amides is 1. The maximum atomic E-state index is 12.3. The number of hydrogen-bond donors (Lipinski definition) is 0. The van der Waals surface area contributed by atoms with Crippen LogP contribution in [-0.2, 0) is 4.79 Å². The number of aromatic nitrogens is 3. The Hall–Kier alpha value is -4.20. The fraction of sp³-hybridized carbons (Fsp3) is 0.200. The van der Waals surface area contributed by atoms with Crippen molar-refractivity contribution >= 4 is 5.91 Å². The van der Waals surface area contributed by atoms with Gasteiger partial charge in [-0.1, -0.05) is 22.9 Å². The normalized spacial score (nSPS) is 13.4. The van der Waals surface area contributed by atoms with Crippen LogP contribution in [0.4, 0.5) is 0 Å². The van der Waals surface area contributed by atoms with Crippen molar-refractivity contribution in [2.24, 2.45) is 0 Å². The van der Waals surface area contributed by atoms with Crippen molar-refractivity contribution in [3.05, 3.63) is 78.6 Å². The van der Waals surface area contributed by atoms with Crippen molar-refractivity contribution in [2.45, 2.75) is 13.0 Å². The Kier molecular flexibility index (Phi) is 5.72. The highest BCUT2D eigenvalue weighted by atomic mass is 16.5. The summed E-state index contributed by atoms with van der Waals surface area (Å²) in [6, 6.07) is 18.8. The first-order valence-electron chi connectivity index (χ1n) is 10.6. The van der Waals surface area contributed by atoms with Gasteiger partial charge in [0.15, 0.2) is 6.61 Å². The largest absolute Gasteiger partial charge is 0.487 e. The minimum absolute atomic E-state index is 0.0245. The Balaban J connectivity index is 1.10. The van der Waals surface area contributed by atoms with Crippen LogP contribution in [0, 0.1) is 6.92 Å². The van der Waals surface area contributed by atoms with Crippen molar-refractivity contribution in [3.63, 3.8) is 0 Å². The molecule has 5 rings (SSSR count). The Morgan fingerprint density at radius 3 is 2.39 bits per heavy atom. The molecule has 4 aromatic rings. The van der Waals surface area contributed by atoms with Crippen LogP contribution < -0.4 is 9.47 Å². The minimum atomic E-state index is -0.0483. The van der Waals surface area contributed by atoms with E-state index in [1.807, 2.05) is 67.6 Å². The zero-order chi connectivity index (χ0) is 22.6. The van der Waals surface area contributed by atoms with Crippen molar-refractivity contribution in [2.75, 3.05) is 19.7 Å². The average molecular weight is 442 g/mol. The van der Waals surface area contributed by atoms with E-state index in [0.29, 0.717) is 30.6 Å². The number of rotatable bonds is 7. The van der Waals surface area contributed by atoms with Gasteiger partial charge in [0.05, 0.1) is 13.1 Å². The average Bonchev–Trinajstić information content (AvgIpc) is 3.32. The van der Waals surface area contributed by atoms with Crippen LogP contribution in [0.2, 0.25) is 0 Å². The van der Waals surface area contributed by atoms with E-state index in [9.17, 15) is 4.79 Å². The van der Waals surface area contributed by atoms with Gasteiger partial charge in [-0.15, -0.1) is 0 Å². The SMILES string of the molecule is Cc1ccc(OCC(=O)N2CC(Oc3ccc(-c4noc(-c5ccncc5)n4)cc3)C2)cc1. The first-order chi connectivity index (χ1) is 16.1. The van der Waals surface area contributed by atoms with Crippen molar-refractivity contribution in [3.8, 4) is 34.3 Å². The zero-order valence-corrected chi connectivity index (χ0v) is 18.0. The molecule has 2 aromatic heterocycles. The molecule has 0 N–H and O–H groups in total. The molecule has 1 fully saturated rings. The second kappa shape index (κ2) is 9.12. The molecule has 0 radical (unpaired) electrons. The summed E-state index contributed by atoms with van der Waals surface area (Å²) >= 11 is 0. The van der Waals surface area contributed by atoms with E-state index in [4.69, 9.17) is 14.0 Å². The number of aryl methyl sites for hydroxylation is 1. The van der Waals surface area contributed by atoms with Crippen LogP contribution in [0.1, 0.15) is 5.56 Å². The Labute approximate surface area is 190 Å². The molecule has 0 saturated carbocycles. The third kappa shape index (κ3) is 4.85. The molecule has 8 heteroatoms. The van der Waals surface area contributed by atoms with Crippen molar-refractivity contribution in [1.82, 2.24) is 20.0 Å². The summed E-state index contributed by atoms with van der Waals surface area (Å²) in [5.74, 6) is 2.31. The molecule has 0 atom stereocenters. The highest BCUT2D eigenvalue weighted by Gasteiger charge is 2.32. The fourth-order valence-corrected chi connectivity index (χ4v) is 3.41. The second-order valence-electron chi connectivity index (χ2n) is 7.82. The molecular weight excluding hydrogens is 420 g/mol. The number of hydrogen-bond acceptors (Lipinski definition) is 7. The first-order valence-corrected chi connectivity index (χ1v) is 10.6. The zero-order valence-electron chi connectivity index (χ0n) is 18.0. The molecule has 0 aliphatic carbocycles. The monoisotopic (exact) mass is 442 g/mol. The van der Waals surface area contributed by atoms with E-state index in [1.165, 1.54) is 0 Å². The molecule has 1 amide bonds. The summed E-state index contributed by atoms with van der Waals surface area (Å²) in [6.45, 7) is 3.11. The summed E-state index contributed by atoms with van der Waals surface area (Å²) in [6.07, 6.45) is 3.32. The van der Waals surface area contributed by atoms with Gasteiger partial charge in [0, 0.05) is 23.5 Å². The summed E-state index contributed by atoms with van der Waals surface area (Å²) in [7, 11) is 0. The highest BCUT2D eigenvalue weighted by Crippen LogP contribution is 2.25. The van der Waals surface area contributed by atoms with Crippen LogP contribution >= 0.6 is 0 Å². The van der Waals surface area contributed by atoms with Crippen LogP contribution in [0.5, 0.6) is 11.5 Å². The van der Waals surface area contributed by atoms with E-state index < -0.39 is 0 Å². The van der Waals surface area contributed by atoms with E-state index in [1.54, 1.807) is 17.3 Å². The lowest BCUT2D eigenvalue weighted by Gasteiger charge is -2.38. The number of ether oxygens (including phenoxy) is 2. The van der Waals surface area contributed by atoms with Gasteiger partial charge >= 0.3 is 0 Å². The standard InChI is InChI=1S/C25H22N4O4/c1-17-2-6-20(7-3-17)31-16-23(30)29-14-22(15-29)32-21-8-4-18(5-9-21)24-27-25(33-28-24)19-10-12-26-13-11-19/h2-13,22H,14-16H2,1H3. The Morgan fingerprint density at radius 1 is 0.970 bits per heavy atom. The lowest BCUT2D eigenvalue weighted by Crippen LogP contribution is -2.57. The molecule has 0 bridgehead atoms. The van der Waals surface area contributed by atoms with E-state index >= 15 is 0 Å². The molecule has 33 heavy (non-hydrogen) atoms. The topological polar surface area (TPSA) is 90.6 Å². The molecule has 3 heterocycles. The van der Waals surface area contributed by atoms with Crippen LogP contribution in [0.25, 0.3) is 22.8 Å². The van der Waals surface area contributed by atoms with Crippen LogP contribution in [0.15, 0.2) is 77.6 Å². The number of benzene rings is 2. The predicted molar refractivity (Wildman–Crippen MR) is 121 cm³/mol. The van der Waals surface area contributed by atoms with Crippen LogP contribution in [0.3, 0.4) is 0 Å². The quantitative estimate of drug-likeness (QED) is 0.430. The predicted octanol–water partition coefficient (Wildman–Crippen LogP) is 3.78. The highest BCUT2D eigenvalue weighted by molar-refractivity contribution is 5.78. The van der Waals surface area contributed by atoms with Gasteiger partial charge in [-0.25, -0.2) is 0 Å². The van der Waals surface area contributed by atoms with Gasteiger partial charge in [-0.05, 0) is 55.5 Å². The van der Waals surface area contributed by atoms with Crippen LogP contribution in [-0.4, -0.2) is 51.7 Å². The third-order valence-electron chi connectivity index (χ3n) is 5.35. The number of likely N-dealkylation sites (tertiary alicyclic amines) is 1. The summed E-state index contributed by atoms with van der Waals surface area (Å²) in [5, 5.41) is 4.05. The number of carbonyl (C=O) groups excluding carboxylic acids is 1. The molecule has 1 aliphatic heterocycles. The van der Waals surface area contributed by atoms with Gasteiger partial charge in [-0.3, -0.25) is 9.78 Å². The van der Waals surface area contributed by atoms with Gasteiger partial charge in [0.1, 0.15) is 17.6 Å². The summed E-state index contributed by atoms with van der Waals surface area (Å²) < 4.78 is 16.9. The number of carbonyl (C=O) groups is 1. The molecule has 2 aromatic carbocycles. The second-order valence-corrected chi connectivity index (χ2v) is 7.82. The van der Waals surface area contributed by atoms with E-state index in [-0.39, 0.29) is 18.6 Å². The van der Waals surface area contributed by atoms with E-state index in [2.05, 4.69) is 15.1 Å². The summed E-state index contributed by atoms with van der Waals surface area (Å²) in [5.41, 5.74) is 2.79. The molecule has 166 valence electrons. The lowest BCUT2D eigenvalue weighted by molar-refractivity contribution is -0.142. The lowest BCUT2D eigenvalue weighted by atomic mass is 10.1. The molecule has 1 aliphatic rings. The van der Waals surface area contributed by atoms with Crippen molar-refractivity contribution in [1.29, 1.82) is 0 Å². The molecule has 0 spiro atoms. The fourth-order valence-electron chi connectivity index (χ4n) is 3.41. The third-order valence-corrected chi connectivity index (χ3v) is 5.35. The molecule has 1 saturated heterocycles. The number of nitrogens with zero attached hydrogens (tertiary/aromatic N) is 4. The number of pyridine rings is 1.